The lowest BCUT2D eigenvalue weighted by Gasteiger charge is -2.27. The van der Waals surface area contributed by atoms with Crippen LogP contribution >= 0.6 is 11.6 Å². The molecular weight excluding hydrogens is 408 g/mol. The molecule has 30 heavy (non-hydrogen) atoms. The number of nitrogens with zero attached hydrogens (tertiary/aromatic N) is 4. The minimum Gasteiger partial charge on any atom is -0.478 e. The van der Waals surface area contributed by atoms with E-state index in [2.05, 4.69) is 15.0 Å². The van der Waals surface area contributed by atoms with Gasteiger partial charge in [-0.05, 0) is 51.1 Å². The lowest BCUT2D eigenvalue weighted by atomic mass is 10.2. The molecule has 0 aliphatic heterocycles. The number of halogens is 1. The van der Waals surface area contributed by atoms with Gasteiger partial charge in [-0.3, -0.25) is 9.97 Å². The number of aromatic nitrogens is 3. The van der Waals surface area contributed by atoms with Crippen LogP contribution in [-0.4, -0.2) is 37.7 Å². The second-order valence-corrected chi connectivity index (χ2v) is 7.73. The minimum atomic E-state index is -1.08. The molecule has 154 valence electrons. The topological polar surface area (TPSA) is 106 Å². The molecule has 0 spiro atoms. The minimum absolute atomic E-state index is 0.0529. The Hall–Kier alpha value is -3.52. The van der Waals surface area contributed by atoms with E-state index in [4.69, 9.17) is 21.4 Å². The molecule has 0 saturated carbocycles. The van der Waals surface area contributed by atoms with Gasteiger partial charge in [0.25, 0.3) is 0 Å². The molecule has 0 radical (unpaired) electrons. The number of rotatable bonds is 4. The fraction of sp³-hybridized carbons (Fsp3) is 0.190. The number of carboxylic acid groups (broad SMARTS) is 1. The van der Waals surface area contributed by atoms with Crippen molar-refractivity contribution in [3.8, 4) is 11.4 Å². The van der Waals surface area contributed by atoms with E-state index >= 15 is 0 Å². The number of carbonyl (C=O) groups is 2. The van der Waals surface area contributed by atoms with Crippen molar-refractivity contribution in [1.82, 2.24) is 15.0 Å². The molecule has 0 atom stereocenters. The number of benzene rings is 1. The normalized spacial score (nSPS) is 11.1. The second kappa shape index (κ2) is 8.46. The van der Waals surface area contributed by atoms with Crippen molar-refractivity contribution in [2.45, 2.75) is 26.4 Å². The Balaban J connectivity index is 2.04. The van der Waals surface area contributed by atoms with E-state index in [1.807, 2.05) is 0 Å². The maximum atomic E-state index is 13.0. The molecule has 2 heterocycles. The quantitative estimate of drug-likeness (QED) is 0.628. The predicted molar refractivity (Wildman–Crippen MR) is 112 cm³/mol. The van der Waals surface area contributed by atoms with Gasteiger partial charge in [0.1, 0.15) is 11.3 Å². The highest BCUT2D eigenvalue weighted by Crippen LogP contribution is 2.29. The van der Waals surface area contributed by atoms with Crippen molar-refractivity contribution < 1.29 is 19.4 Å². The summed E-state index contributed by atoms with van der Waals surface area (Å²) in [5.41, 5.74) is 0.548. The SMILES string of the molecule is CC(C)(C)OC(=O)N(c1cccc(Cl)c1)c1cncc(-c2ccc(C(=O)O)cn2)n1. The van der Waals surface area contributed by atoms with E-state index in [-0.39, 0.29) is 11.4 Å². The summed E-state index contributed by atoms with van der Waals surface area (Å²) >= 11 is 6.11. The van der Waals surface area contributed by atoms with Crippen molar-refractivity contribution in [2.24, 2.45) is 0 Å². The molecule has 0 saturated heterocycles. The molecule has 9 heteroatoms. The molecule has 1 aromatic carbocycles. The maximum Gasteiger partial charge on any atom is 0.420 e. The summed E-state index contributed by atoms with van der Waals surface area (Å²) < 4.78 is 5.53. The van der Waals surface area contributed by atoms with Crippen LogP contribution in [-0.2, 0) is 4.74 Å². The summed E-state index contributed by atoms with van der Waals surface area (Å²) in [5, 5.41) is 9.47. The first-order valence-electron chi connectivity index (χ1n) is 8.94. The van der Waals surface area contributed by atoms with Crippen molar-refractivity contribution in [3.05, 3.63) is 65.6 Å². The molecule has 2 aromatic heterocycles. The van der Waals surface area contributed by atoms with Gasteiger partial charge in [-0.15, -0.1) is 0 Å². The first-order valence-corrected chi connectivity index (χ1v) is 9.32. The van der Waals surface area contributed by atoms with Gasteiger partial charge in [0.05, 0.1) is 29.3 Å². The number of anilines is 2. The molecule has 0 aliphatic rings. The highest BCUT2D eigenvalue weighted by atomic mass is 35.5. The lowest BCUT2D eigenvalue weighted by molar-refractivity contribution is 0.0597. The van der Waals surface area contributed by atoms with Crippen LogP contribution in [0.25, 0.3) is 11.4 Å². The average Bonchev–Trinajstić information content (AvgIpc) is 2.67. The Kier molecular flexibility index (Phi) is 5.98. The lowest BCUT2D eigenvalue weighted by Crippen LogP contribution is -2.34. The first kappa shape index (κ1) is 21.2. The zero-order valence-electron chi connectivity index (χ0n) is 16.5. The standard InChI is InChI=1S/C21H19ClN4O4/c1-21(2,3)30-20(29)26(15-6-4-5-14(22)9-15)18-12-23-11-17(25-18)16-8-7-13(10-24-16)19(27)28/h4-12H,1-3H3,(H,27,28). The van der Waals surface area contributed by atoms with E-state index in [9.17, 15) is 9.59 Å². The highest BCUT2D eigenvalue weighted by molar-refractivity contribution is 6.31. The molecular formula is C21H19ClN4O4. The third-order valence-electron chi connectivity index (χ3n) is 3.77. The van der Waals surface area contributed by atoms with E-state index in [1.165, 1.54) is 35.6 Å². The van der Waals surface area contributed by atoms with Crippen molar-refractivity contribution in [3.63, 3.8) is 0 Å². The molecule has 0 bridgehead atoms. The van der Waals surface area contributed by atoms with Gasteiger partial charge in [0.15, 0.2) is 5.82 Å². The van der Waals surface area contributed by atoms with Gasteiger partial charge in [0.2, 0.25) is 0 Å². The first-order chi connectivity index (χ1) is 14.1. The Morgan fingerprint density at radius 2 is 1.83 bits per heavy atom. The molecule has 3 rings (SSSR count). The third-order valence-corrected chi connectivity index (χ3v) is 4.00. The highest BCUT2D eigenvalue weighted by Gasteiger charge is 2.26. The summed E-state index contributed by atoms with van der Waals surface area (Å²) in [6, 6.07) is 9.65. The second-order valence-electron chi connectivity index (χ2n) is 7.30. The molecule has 0 fully saturated rings. The van der Waals surface area contributed by atoms with Gasteiger partial charge in [0, 0.05) is 11.2 Å². The largest absolute Gasteiger partial charge is 0.478 e. The van der Waals surface area contributed by atoms with Crippen LogP contribution in [0.5, 0.6) is 0 Å². The summed E-state index contributed by atoms with van der Waals surface area (Å²) in [6.07, 6.45) is 3.47. The van der Waals surface area contributed by atoms with Crippen LogP contribution < -0.4 is 4.90 Å². The Morgan fingerprint density at radius 1 is 1.07 bits per heavy atom. The monoisotopic (exact) mass is 426 g/mol. The molecule has 8 nitrogen and oxygen atoms in total. The fourth-order valence-electron chi connectivity index (χ4n) is 2.51. The molecule has 3 aromatic rings. The van der Waals surface area contributed by atoms with E-state index < -0.39 is 17.7 Å². The van der Waals surface area contributed by atoms with Gasteiger partial charge in [-0.25, -0.2) is 19.5 Å². The van der Waals surface area contributed by atoms with Gasteiger partial charge in [-0.1, -0.05) is 17.7 Å². The van der Waals surface area contributed by atoms with Crippen molar-refractivity contribution in [1.29, 1.82) is 0 Å². The zero-order chi connectivity index (χ0) is 21.9. The number of amides is 1. The van der Waals surface area contributed by atoms with Crippen LogP contribution in [0.1, 0.15) is 31.1 Å². The zero-order valence-corrected chi connectivity index (χ0v) is 17.3. The van der Waals surface area contributed by atoms with E-state index in [1.54, 1.807) is 45.0 Å². The van der Waals surface area contributed by atoms with E-state index in [0.717, 1.165) is 0 Å². The number of aromatic carboxylic acids is 1. The van der Waals surface area contributed by atoms with E-state index in [0.29, 0.717) is 22.1 Å². The molecule has 1 N–H and O–H groups in total. The summed E-state index contributed by atoms with van der Waals surface area (Å²) in [6.45, 7) is 5.28. The molecule has 0 unspecified atom stereocenters. The molecule has 0 aliphatic carbocycles. The van der Waals surface area contributed by atoms with Crippen molar-refractivity contribution >= 4 is 35.2 Å². The third kappa shape index (κ3) is 5.09. The number of pyridine rings is 1. The summed E-state index contributed by atoms with van der Waals surface area (Å²) in [4.78, 5) is 38.0. The smallest absolute Gasteiger partial charge is 0.420 e. The average molecular weight is 427 g/mol. The summed E-state index contributed by atoms with van der Waals surface area (Å²) in [5.74, 6) is -0.876. The van der Waals surface area contributed by atoms with Crippen LogP contribution in [0.15, 0.2) is 55.0 Å². The number of hydrogen-bond donors (Lipinski definition) is 1. The maximum absolute atomic E-state index is 13.0. The Morgan fingerprint density at radius 3 is 2.43 bits per heavy atom. The number of hydrogen-bond acceptors (Lipinski definition) is 6. The van der Waals surface area contributed by atoms with Crippen molar-refractivity contribution in [2.75, 3.05) is 4.90 Å². The molecule has 1 amide bonds. The Labute approximate surface area is 178 Å². The van der Waals surface area contributed by atoms with Crippen LogP contribution in [0.2, 0.25) is 5.02 Å². The fourth-order valence-corrected chi connectivity index (χ4v) is 2.70. The Bertz CT molecular complexity index is 1080. The van der Waals surface area contributed by atoms with Crippen LogP contribution in [0, 0.1) is 0 Å². The van der Waals surface area contributed by atoms with Gasteiger partial charge in [-0.2, -0.15) is 0 Å². The summed E-state index contributed by atoms with van der Waals surface area (Å²) in [7, 11) is 0. The van der Waals surface area contributed by atoms with Crippen LogP contribution in [0.3, 0.4) is 0 Å². The predicted octanol–water partition coefficient (Wildman–Crippen LogP) is 4.96. The van der Waals surface area contributed by atoms with Gasteiger partial charge < -0.3 is 9.84 Å². The number of carbonyl (C=O) groups excluding carboxylic acids is 1. The number of ether oxygens (including phenoxy) is 1. The van der Waals surface area contributed by atoms with Crippen LogP contribution in [0.4, 0.5) is 16.3 Å². The number of carboxylic acids is 1. The van der Waals surface area contributed by atoms with Gasteiger partial charge >= 0.3 is 12.1 Å².